The quantitative estimate of drug-likeness (QED) is 0.233. The van der Waals surface area contributed by atoms with Crippen LogP contribution >= 0.6 is 7.67 Å². The van der Waals surface area contributed by atoms with Gasteiger partial charge in [-0.2, -0.15) is 9.97 Å². The van der Waals surface area contributed by atoms with Crippen molar-refractivity contribution in [3.63, 3.8) is 0 Å². The van der Waals surface area contributed by atoms with Gasteiger partial charge in [0.15, 0.2) is 11.2 Å². The van der Waals surface area contributed by atoms with Gasteiger partial charge in [-0.05, 0) is 20.3 Å². The van der Waals surface area contributed by atoms with Crippen LogP contribution in [0.25, 0.3) is 11.2 Å². The summed E-state index contributed by atoms with van der Waals surface area (Å²) in [6, 6.07) is -0.891. The lowest BCUT2D eigenvalue weighted by molar-refractivity contribution is -0.144. The first-order valence-electron chi connectivity index (χ1n) is 10.3. The van der Waals surface area contributed by atoms with E-state index < -0.39 is 32.0 Å². The minimum Gasteiger partial charge on any atom is -0.479 e. The van der Waals surface area contributed by atoms with Gasteiger partial charge in [-0.15, -0.1) is 0 Å². The lowest BCUT2D eigenvalue weighted by Crippen LogP contribution is -2.36. The number of hydrogen-bond donors (Lipinski definition) is 3. The number of nitrogens with zero attached hydrogens (tertiary/aromatic N) is 4. The second-order valence-electron chi connectivity index (χ2n) is 7.50. The van der Waals surface area contributed by atoms with E-state index in [4.69, 9.17) is 24.2 Å². The number of fused-ring (bicyclic) bond motifs is 1. The van der Waals surface area contributed by atoms with Gasteiger partial charge in [0.25, 0.3) is 0 Å². The van der Waals surface area contributed by atoms with Crippen LogP contribution in [0.15, 0.2) is 6.33 Å². The van der Waals surface area contributed by atoms with Crippen molar-refractivity contribution in [2.75, 3.05) is 25.6 Å². The van der Waals surface area contributed by atoms with Gasteiger partial charge in [-0.3, -0.25) is 24.0 Å². The van der Waals surface area contributed by atoms with Gasteiger partial charge in [0.1, 0.15) is 12.3 Å². The summed E-state index contributed by atoms with van der Waals surface area (Å²) in [7, 11) is -2.33. The predicted molar refractivity (Wildman–Crippen MR) is 116 cm³/mol. The number of methoxy groups -OCH3 is 1. The van der Waals surface area contributed by atoms with Gasteiger partial charge < -0.3 is 18.7 Å². The lowest BCUT2D eigenvalue weighted by Gasteiger charge is -2.21. The molecular weight excluding hydrogens is 457 g/mol. The molecule has 4 N–H and O–H groups in total. The molecule has 182 valence electrons. The van der Waals surface area contributed by atoms with Crippen LogP contribution in [0.2, 0.25) is 0 Å². The Morgan fingerprint density at radius 3 is 2.91 bits per heavy atom. The summed E-state index contributed by atoms with van der Waals surface area (Å²) in [5.74, 6) is -0.291. The molecule has 1 fully saturated rings. The maximum Gasteiger partial charge on any atom is 0.338 e. The van der Waals surface area contributed by atoms with Crippen LogP contribution in [0.4, 0.5) is 5.95 Å². The topological polar surface area (TPSA) is 182 Å². The number of carbonyl (C=O) groups excluding carboxylic acids is 2. The average Bonchev–Trinajstić information content (AvgIpc) is 3.34. The summed E-state index contributed by atoms with van der Waals surface area (Å²) in [6.07, 6.45) is 1.71. The highest BCUT2D eigenvalue weighted by molar-refractivity contribution is 7.54. The number of esters is 1. The third-order valence-corrected chi connectivity index (χ3v) is 6.24. The lowest BCUT2D eigenvalue weighted by atomic mass is 10.1. The zero-order valence-corrected chi connectivity index (χ0v) is 19.7. The fraction of sp³-hybridized carbons (Fsp3) is 0.611. The normalized spacial score (nSPS) is 23.1. The molecule has 33 heavy (non-hydrogen) atoms. The highest BCUT2D eigenvalue weighted by Crippen LogP contribution is 2.40. The molecule has 15 heteroatoms. The van der Waals surface area contributed by atoms with E-state index in [1.165, 1.54) is 14.0 Å². The number of amides is 1. The Bertz CT molecular complexity index is 1050. The molecule has 0 aromatic carbocycles. The predicted octanol–water partition coefficient (Wildman–Crippen LogP) is 0.951. The summed E-state index contributed by atoms with van der Waals surface area (Å²) < 4.78 is 35.8. The molecule has 0 spiro atoms. The number of aromatic nitrogens is 4. The van der Waals surface area contributed by atoms with Crippen LogP contribution < -0.4 is 20.6 Å². The summed E-state index contributed by atoms with van der Waals surface area (Å²) in [5.41, 5.74) is 6.55. The molecular formula is C18H28N7O7P. The van der Waals surface area contributed by atoms with Crippen molar-refractivity contribution >= 4 is 37.2 Å². The van der Waals surface area contributed by atoms with E-state index in [1.807, 2.05) is 6.92 Å². The Morgan fingerprint density at radius 2 is 2.24 bits per heavy atom. The number of nitrogens with two attached hydrogens (primary N) is 1. The second-order valence-corrected chi connectivity index (χ2v) is 9.21. The smallest absolute Gasteiger partial charge is 0.338 e. The zero-order chi connectivity index (χ0) is 24.2. The Hall–Kier alpha value is -2.64. The number of hydrogen-bond acceptors (Lipinski definition) is 10. The molecule has 14 nitrogen and oxygen atoms in total. The summed E-state index contributed by atoms with van der Waals surface area (Å²) in [5, 5.41) is 4.87. The van der Waals surface area contributed by atoms with Crippen molar-refractivity contribution in [1.29, 1.82) is 0 Å². The van der Waals surface area contributed by atoms with E-state index in [9.17, 15) is 14.2 Å². The zero-order valence-electron chi connectivity index (χ0n) is 18.8. The number of carbonyl (C=O) groups is 2. The van der Waals surface area contributed by atoms with Crippen molar-refractivity contribution in [1.82, 2.24) is 24.6 Å². The fourth-order valence-electron chi connectivity index (χ4n) is 3.52. The van der Waals surface area contributed by atoms with Gasteiger partial charge in [0.05, 0.1) is 32.8 Å². The van der Waals surface area contributed by atoms with E-state index in [0.29, 0.717) is 24.0 Å². The molecule has 3 heterocycles. The van der Waals surface area contributed by atoms with E-state index in [0.717, 1.165) is 0 Å². The molecule has 0 saturated carbocycles. The largest absolute Gasteiger partial charge is 0.479 e. The van der Waals surface area contributed by atoms with Crippen LogP contribution in [0, 0.1) is 5.92 Å². The first-order chi connectivity index (χ1) is 15.7. The molecule has 5 unspecified atom stereocenters. The molecule has 1 saturated heterocycles. The Kier molecular flexibility index (Phi) is 7.97. The number of anilines is 1. The van der Waals surface area contributed by atoms with Crippen LogP contribution in [0.3, 0.4) is 0 Å². The third-order valence-electron chi connectivity index (χ3n) is 4.96. The molecule has 5 atom stereocenters. The van der Waals surface area contributed by atoms with E-state index in [2.05, 4.69) is 25.4 Å². The Balaban J connectivity index is 1.69. The SMILES string of the molecule is CCOC(=O)C(C)NP(N)(=O)OCC1CC(C)C(n2cnc3c(OC)nc(NC=O)nc32)O1. The highest BCUT2D eigenvalue weighted by Gasteiger charge is 2.36. The highest BCUT2D eigenvalue weighted by atomic mass is 31.2. The Labute approximate surface area is 190 Å². The van der Waals surface area contributed by atoms with Gasteiger partial charge in [-0.1, -0.05) is 6.92 Å². The van der Waals surface area contributed by atoms with Crippen molar-refractivity contribution in [3.8, 4) is 5.88 Å². The monoisotopic (exact) mass is 485 g/mol. The summed E-state index contributed by atoms with van der Waals surface area (Å²) in [6.45, 7) is 5.27. The minimum atomic E-state index is -3.77. The molecule has 1 aliphatic heterocycles. The first-order valence-corrected chi connectivity index (χ1v) is 12.0. The van der Waals surface area contributed by atoms with Gasteiger partial charge in [0, 0.05) is 5.92 Å². The molecule has 0 radical (unpaired) electrons. The maximum atomic E-state index is 12.5. The standard InChI is InChI=1S/C18H28N7O7P/c1-5-30-17(27)11(3)24-33(19,28)31-7-12-6-10(2)16(32-12)25-8-20-13-14(25)22-18(21-9-26)23-15(13)29-4/h8-12,16H,5-7H2,1-4H3,(H3,19,24,28)(H,21,22,23,26). The molecule has 1 aliphatic rings. The van der Waals surface area contributed by atoms with Crippen molar-refractivity contribution in [3.05, 3.63) is 6.33 Å². The number of imidazole rings is 1. The van der Waals surface area contributed by atoms with Crippen LogP contribution in [0.1, 0.15) is 33.4 Å². The second kappa shape index (κ2) is 10.5. The van der Waals surface area contributed by atoms with Crippen molar-refractivity contribution in [2.24, 2.45) is 11.4 Å². The van der Waals surface area contributed by atoms with Crippen molar-refractivity contribution in [2.45, 2.75) is 45.6 Å². The minimum absolute atomic E-state index is 0.0167. The van der Waals surface area contributed by atoms with Gasteiger partial charge in [0.2, 0.25) is 18.2 Å². The third kappa shape index (κ3) is 5.84. The van der Waals surface area contributed by atoms with E-state index >= 15 is 0 Å². The average molecular weight is 485 g/mol. The van der Waals surface area contributed by atoms with E-state index in [1.54, 1.807) is 17.8 Å². The molecule has 1 amide bonds. The number of ether oxygens (including phenoxy) is 3. The van der Waals surface area contributed by atoms with Gasteiger partial charge >= 0.3 is 13.6 Å². The van der Waals surface area contributed by atoms with Crippen LogP contribution in [-0.4, -0.2) is 64.4 Å². The molecule has 2 aromatic rings. The van der Waals surface area contributed by atoms with E-state index in [-0.39, 0.29) is 31.0 Å². The van der Waals surface area contributed by atoms with Crippen molar-refractivity contribution < 1.29 is 32.9 Å². The fourth-order valence-corrected chi connectivity index (χ4v) is 4.63. The van der Waals surface area contributed by atoms with Gasteiger partial charge in [-0.25, -0.2) is 15.6 Å². The molecule has 0 aliphatic carbocycles. The molecule has 3 rings (SSSR count). The van der Waals surface area contributed by atoms with Crippen LogP contribution in [0.5, 0.6) is 5.88 Å². The Morgan fingerprint density at radius 1 is 1.48 bits per heavy atom. The van der Waals surface area contributed by atoms with Crippen LogP contribution in [-0.2, 0) is 28.2 Å². The summed E-state index contributed by atoms with van der Waals surface area (Å²) >= 11 is 0. The molecule has 0 bridgehead atoms. The number of nitrogens with one attached hydrogen (secondary N) is 2. The molecule has 2 aromatic heterocycles. The first kappa shape index (κ1) is 25.0. The summed E-state index contributed by atoms with van der Waals surface area (Å²) in [4.78, 5) is 35.3. The maximum absolute atomic E-state index is 12.5. The number of rotatable bonds is 11.